The van der Waals surface area contributed by atoms with Gasteiger partial charge in [0.05, 0.1) is 11.6 Å². The number of amides is 3. The first kappa shape index (κ1) is 22.5. The zero-order chi connectivity index (χ0) is 22.1. The highest BCUT2D eigenvalue weighted by molar-refractivity contribution is 7.89. The van der Waals surface area contributed by atoms with Crippen LogP contribution in [0.4, 0.5) is 4.79 Å². The first-order valence-corrected chi connectivity index (χ1v) is 12.8. The molecule has 0 aromatic heterocycles. The van der Waals surface area contributed by atoms with Gasteiger partial charge < -0.3 is 5.32 Å². The molecule has 3 fully saturated rings. The van der Waals surface area contributed by atoms with Gasteiger partial charge in [0.1, 0.15) is 5.54 Å². The van der Waals surface area contributed by atoms with E-state index in [-0.39, 0.29) is 23.5 Å². The summed E-state index contributed by atoms with van der Waals surface area (Å²) in [5, 5.41) is 3.46. The lowest BCUT2D eigenvalue weighted by Crippen LogP contribution is -2.53. The molecule has 8 nitrogen and oxygen atoms in total. The van der Waals surface area contributed by atoms with Crippen LogP contribution in [-0.4, -0.2) is 72.8 Å². The third-order valence-corrected chi connectivity index (χ3v) is 8.74. The summed E-state index contributed by atoms with van der Waals surface area (Å²) >= 11 is 5.86. The van der Waals surface area contributed by atoms with Crippen LogP contribution in [-0.2, 0) is 14.8 Å². The van der Waals surface area contributed by atoms with Crippen molar-refractivity contribution < 1.29 is 18.0 Å². The second-order valence-corrected chi connectivity index (χ2v) is 11.0. The molecule has 1 aromatic rings. The maximum Gasteiger partial charge on any atom is 0.326 e. The lowest BCUT2D eigenvalue weighted by molar-refractivity contribution is -0.133. The van der Waals surface area contributed by atoms with Gasteiger partial charge in [-0.25, -0.2) is 18.1 Å². The Hall–Kier alpha value is -1.68. The number of carbonyl (C=O) groups excluding carboxylic acids is 2. The highest BCUT2D eigenvalue weighted by Crippen LogP contribution is 2.32. The van der Waals surface area contributed by atoms with Gasteiger partial charge in [0.25, 0.3) is 5.91 Å². The number of nitrogens with zero attached hydrogens (tertiary/aromatic N) is 3. The predicted molar refractivity (Wildman–Crippen MR) is 117 cm³/mol. The fourth-order valence-electron chi connectivity index (χ4n) is 4.72. The van der Waals surface area contributed by atoms with E-state index in [1.54, 1.807) is 12.1 Å². The van der Waals surface area contributed by atoms with Crippen LogP contribution in [0, 0.1) is 0 Å². The summed E-state index contributed by atoms with van der Waals surface area (Å²) in [5.41, 5.74) is -0.753. The minimum Gasteiger partial charge on any atom is -0.323 e. The van der Waals surface area contributed by atoms with Gasteiger partial charge in [-0.1, -0.05) is 43.7 Å². The van der Waals surface area contributed by atoms with E-state index in [0.717, 1.165) is 25.7 Å². The zero-order valence-corrected chi connectivity index (χ0v) is 19.1. The van der Waals surface area contributed by atoms with Gasteiger partial charge in [0.2, 0.25) is 10.0 Å². The molecule has 31 heavy (non-hydrogen) atoms. The predicted octanol–water partition coefficient (Wildman–Crippen LogP) is 2.64. The molecule has 1 N–H and O–H groups in total. The maximum absolute atomic E-state index is 13.2. The zero-order valence-electron chi connectivity index (χ0n) is 17.6. The van der Waals surface area contributed by atoms with Crippen molar-refractivity contribution in [1.82, 2.24) is 19.4 Å². The highest BCUT2D eigenvalue weighted by Gasteiger charge is 2.50. The Balaban J connectivity index is 1.37. The summed E-state index contributed by atoms with van der Waals surface area (Å²) in [4.78, 5) is 29.3. The van der Waals surface area contributed by atoms with E-state index in [9.17, 15) is 18.0 Å². The van der Waals surface area contributed by atoms with E-state index in [1.807, 2.05) is 4.90 Å². The molecule has 3 aliphatic rings. The van der Waals surface area contributed by atoms with Crippen LogP contribution in [0.3, 0.4) is 0 Å². The number of piperazine rings is 1. The molecule has 0 bridgehead atoms. The normalized spacial score (nSPS) is 23.6. The number of halogens is 1. The van der Waals surface area contributed by atoms with E-state index >= 15 is 0 Å². The van der Waals surface area contributed by atoms with Crippen LogP contribution in [0.25, 0.3) is 0 Å². The van der Waals surface area contributed by atoms with Gasteiger partial charge in [0, 0.05) is 31.2 Å². The highest BCUT2D eigenvalue weighted by atomic mass is 35.5. The summed E-state index contributed by atoms with van der Waals surface area (Å²) < 4.78 is 27.1. The SMILES string of the molecule is O=C1NC2(CCCCCCC2)C(=O)N1CN1CCN(S(=O)(=O)c2ccc(Cl)cc2)CC1. The molecule has 0 radical (unpaired) electrons. The average molecular weight is 469 g/mol. The summed E-state index contributed by atoms with van der Waals surface area (Å²) in [7, 11) is -3.59. The van der Waals surface area contributed by atoms with Crippen molar-refractivity contribution in [3.8, 4) is 0 Å². The van der Waals surface area contributed by atoms with E-state index in [4.69, 9.17) is 11.6 Å². The molecule has 1 saturated carbocycles. The van der Waals surface area contributed by atoms with Crippen LogP contribution >= 0.6 is 11.6 Å². The summed E-state index contributed by atoms with van der Waals surface area (Å²) in [6.45, 7) is 1.72. The Morgan fingerprint density at radius 2 is 1.48 bits per heavy atom. The second kappa shape index (κ2) is 9.05. The molecule has 3 amide bonds. The number of imide groups is 1. The molecule has 1 spiro atoms. The molecule has 4 rings (SSSR count). The third kappa shape index (κ3) is 4.60. The lowest BCUT2D eigenvalue weighted by Gasteiger charge is -2.35. The number of hydrogen-bond donors (Lipinski definition) is 1. The molecule has 0 unspecified atom stereocenters. The number of nitrogens with one attached hydrogen (secondary N) is 1. The molecular weight excluding hydrogens is 440 g/mol. The van der Waals surface area contributed by atoms with Gasteiger partial charge in [-0.3, -0.25) is 9.69 Å². The fourth-order valence-corrected chi connectivity index (χ4v) is 6.27. The van der Waals surface area contributed by atoms with Gasteiger partial charge in [-0.15, -0.1) is 0 Å². The average Bonchev–Trinajstić information content (AvgIpc) is 2.96. The third-order valence-electron chi connectivity index (χ3n) is 6.58. The van der Waals surface area contributed by atoms with E-state index in [2.05, 4.69) is 5.32 Å². The number of rotatable bonds is 4. The van der Waals surface area contributed by atoms with Gasteiger partial charge >= 0.3 is 6.03 Å². The Bertz CT molecular complexity index is 921. The number of sulfonamides is 1. The minimum atomic E-state index is -3.59. The quantitative estimate of drug-likeness (QED) is 0.686. The molecular formula is C21H29ClN4O4S. The molecule has 2 aliphatic heterocycles. The van der Waals surface area contributed by atoms with E-state index in [1.165, 1.54) is 27.8 Å². The van der Waals surface area contributed by atoms with Gasteiger partial charge in [-0.2, -0.15) is 4.31 Å². The lowest BCUT2D eigenvalue weighted by atomic mass is 9.84. The van der Waals surface area contributed by atoms with Gasteiger partial charge in [-0.05, 0) is 37.1 Å². The second-order valence-electron chi connectivity index (χ2n) is 8.63. The number of benzene rings is 1. The molecule has 0 atom stereocenters. The van der Waals surface area contributed by atoms with Crippen LogP contribution < -0.4 is 5.32 Å². The summed E-state index contributed by atoms with van der Waals surface area (Å²) in [6, 6.07) is 5.81. The fraction of sp³-hybridized carbons (Fsp3) is 0.619. The standard InChI is InChI=1S/C21H29ClN4O4S/c22-17-6-8-18(9-7-17)31(29,30)25-14-12-24(13-15-25)16-26-19(27)21(23-20(26)28)10-4-2-1-3-5-11-21/h6-9H,1-5,10-16H2,(H,23,28). The summed E-state index contributed by atoms with van der Waals surface area (Å²) in [6.07, 6.45) is 6.65. The van der Waals surface area contributed by atoms with E-state index < -0.39 is 15.6 Å². The maximum atomic E-state index is 13.2. The minimum absolute atomic E-state index is 0.129. The molecule has 1 aliphatic carbocycles. The Kier molecular flexibility index (Phi) is 6.57. The number of carbonyl (C=O) groups is 2. The van der Waals surface area contributed by atoms with Gasteiger partial charge in [0.15, 0.2) is 0 Å². The summed E-state index contributed by atoms with van der Waals surface area (Å²) in [5.74, 6) is -0.129. The van der Waals surface area contributed by atoms with Crippen LogP contribution in [0.5, 0.6) is 0 Å². The number of urea groups is 1. The van der Waals surface area contributed by atoms with Crippen molar-refractivity contribution in [3.63, 3.8) is 0 Å². The largest absolute Gasteiger partial charge is 0.326 e. The molecule has 2 heterocycles. The van der Waals surface area contributed by atoms with Crippen molar-refractivity contribution in [1.29, 1.82) is 0 Å². The molecule has 170 valence electrons. The van der Waals surface area contributed by atoms with Crippen molar-refractivity contribution in [2.24, 2.45) is 0 Å². The van der Waals surface area contributed by atoms with Crippen molar-refractivity contribution >= 4 is 33.6 Å². The van der Waals surface area contributed by atoms with Crippen LogP contribution in [0.1, 0.15) is 44.9 Å². The monoisotopic (exact) mass is 468 g/mol. The first-order chi connectivity index (χ1) is 14.8. The molecule has 10 heteroatoms. The first-order valence-electron chi connectivity index (χ1n) is 10.9. The van der Waals surface area contributed by atoms with E-state index in [0.29, 0.717) is 44.0 Å². The number of hydrogen-bond acceptors (Lipinski definition) is 5. The molecule has 1 aromatic carbocycles. The van der Waals surface area contributed by atoms with Crippen LogP contribution in [0.2, 0.25) is 5.02 Å². The van der Waals surface area contributed by atoms with Crippen molar-refractivity contribution in [3.05, 3.63) is 29.3 Å². The Morgan fingerprint density at radius 3 is 2.10 bits per heavy atom. The topological polar surface area (TPSA) is 90.0 Å². The smallest absolute Gasteiger partial charge is 0.323 e. The Morgan fingerprint density at radius 1 is 0.903 bits per heavy atom. The van der Waals surface area contributed by atoms with Crippen molar-refractivity contribution in [2.75, 3.05) is 32.8 Å². The Labute approximate surface area is 188 Å². The van der Waals surface area contributed by atoms with Crippen molar-refractivity contribution in [2.45, 2.75) is 55.4 Å². The molecule has 2 saturated heterocycles. The van der Waals surface area contributed by atoms with Crippen LogP contribution in [0.15, 0.2) is 29.2 Å².